The second-order valence-corrected chi connectivity index (χ2v) is 6.44. The van der Waals surface area contributed by atoms with Gasteiger partial charge < -0.3 is 9.47 Å². The van der Waals surface area contributed by atoms with Crippen LogP contribution in [-0.4, -0.2) is 38.8 Å². The van der Waals surface area contributed by atoms with E-state index in [1.54, 1.807) is 19.8 Å². The fraction of sp³-hybridized carbons (Fsp3) is 0.421. The predicted molar refractivity (Wildman–Crippen MR) is 94.2 cm³/mol. The van der Waals surface area contributed by atoms with Crippen molar-refractivity contribution in [2.75, 3.05) is 7.11 Å². The maximum atomic E-state index is 6.02. The molecule has 130 valence electrons. The molecule has 3 heterocycles. The van der Waals surface area contributed by atoms with E-state index in [1.165, 1.54) is 5.56 Å². The van der Waals surface area contributed by atoms with Crippen molar-refractivity contribution in [1.82, 2.24) is 19.5 Å². The molecule has 0 N–H and O–H groups in total. The highest BCUT2D eigenvalue weighted by Gasteiger charge is 2.34. The van der Waals surface area contributed by atoms with Crippen molar-refractivity contribution in [3.05, 3.63) is 54.2 Å². The number of benzene rings is 1. The van der Waals surface area contributed by atoms with Crippen molar-refractivity contribution in [1.29, 1.82) is 0 Å². The summed E-state index contributed by atoms with van der Waals surface area (Å²) in [5, 5.41) is 0. The standard InChI is InChI=1S/C19H22N4O2/c1-13-16(24-2)10-17(25-13)23-12-22-18-15(20-11-21-19(18)23)9-8-14-6-4-3-5-7-14/h3-7,11-13,16-17H,8-10H2,1-2H3/t13-,16+,17-/m1/s1. The second-order valence-electron chi connectivity index (χ2n) is 6.44. The molecule has 0 spiro atoms. The lowest BCUT2D eigenvalue weighted by Gasteiger charge is -2.12. The molecule has 0 amide bonds. The Morgan fingerprint density at radius 1 is 1.16 bits per heavy atom. The molecule has 1 aliphatic heterocycles. The van der Waals surface area contributed by atoms with Gasteiger partial charge in [0.2, 0.25) is 0 Å². The summed E-state index contributed by atoms with van der Waals surface area (Å²) in [6, 6.07) is 10.4. The van der Waals surface area contributed by atoms with Crippen LogP contribution < -0.4 is 0 Å². The molecule has 0 bridgehead atoms. The number of methoxy groups -OCH3 is 1. The Bertz CT molecular complexity index is 849. The molecule has 6 nitrogen and oxygen atoms in total. The van der Waals surface area contributed by atoms with E-state index >= 15 is 0 Å². The summed E-state index contributed by atoms with van der Waals surface area (Å²) in [6.45, 7) is 2.04. The molecular formula is C19H22N4O2. The quantitative estimate of drug-likeness (QED) is 0.716. The smallest absolute Gasteiger partial charge is 0.165 e. The minimum atomic E-state index is -0.0955. The molecule has 6 heteroatoms. The number of aromatic nitrogens is 4. The summed E-state index contributed by atoms with van der Waals surface area (Å²) in [6.07, 6.45) is 6.06. The third kappa shape index (κ3) is 3.15. The summed E-state index contributed by atoms with van der Waals surface area (Å²) in [5.41, 5.74) is 3.95. The van der Waals surface area contributed by atoms with Crippen LogP contribution in [0.2, 0.25) is 0 Å². The maximum absolute atomic E-state index is 6.02. The van der Waals surface area contributed by atoms with E-state index in [4.69, 9.17) is 9.47 Å². The van der Waals surface area contributed by atoms with Gasteiger partial charge in [0.15, 0.2) is 5.65 Å². The molecule has 0 unspecified atom stereocenters. The fourth-order valence-electron chi connectivity index (χ4n) is 3.45. The number of ether oxygens (including phenoxy) is 2. The van der Waals surface area contributed by atoms with Crippen molar-refractivity contribution in [3.8, 4) is 0 Å². The minimum Gasteiger partial charge on any atom is -0.379 e. The summed E-state index contributed by atoms with van der Waals surface area (Å²) in [5.74, 6) is 0. The largest absolute Gasteiger partial charge is 0.379 e. The zero-order chi connectivity index (χ0) is 17.2. The Balaban J connectivity index is 1.58. The number of aryl methyl sites for hydroxylation is 2. The molecule has 1 aliphatic rings. The minimum absolute atomic E-state index is 0.0619. The molecule has 1 aromatic carbocycles. The molecule has 1 saturated heterocycles. The Labute approximate surface area is 146 Å². The first-order chi connectivity index (χ1) is 12.3. The van der Waals surface area contributed by atoms with Crippen LogP contribution in [0.5, 0.6) is 0 Å². The van der Waals surface area contributed by atoms with Crippen LogP contribution in [0.15, 0.2) is 43.0 Å². The summed E-state index contributed by atoms with van der Waals surface area (Å²) in [4.78, 5) is 13.5. The van der Waals surface area contributed by atoms with E-state index in [-0.39, 0.29) is 18.4 Å². The Morgan fingerprint density at radius 3 is 2.76 bits per heavy atom. The third-order valence-corrected chi connectivity index (χ3v) is 4.87. The van der Waals surface area contributed by atoms with Crippen LogP contribution in [0.1, 0.15) is 30.8 Å². The molecular weight excluding hydrogens is 316 g/mol. The van der Waals surface area contributed by atoms with Crippen LogP contribution in [0.25, 0.3) is 11.2 Å². The first-order valence-corrected chi connectivity index (χ1v) is 8.65. The first kappa shape index (κ1) is 16.2. The Morgan fingerprint density at radius 2 is 2.00 bits per heavy atom. The number of nitrogens with zero attached hydrogens (tertiary/aromatic N) is 4. The van der Waals surface area contributed by atoms with Crippen LogP contribution in [0.4, 0.5) is 0 Å². The van der Waals surface area contributed by atoms with Crippen molar-refractivity contribution < 1.29 is 9.47 Å². The highest BCUT2D eigenvalue weighted by Crippen LogP contribution is 2.32. The van der Waals surface area contributed by atoms with Gasteiger partial charge in [-0.2, -0.15) is 0 Å². The van der Waals surface area contributed by atoms with Gasteiger partial charge in [0.05, 0.1) is 24.2 Å². The zero-order valence-corrected chi connectivity index (χ0v) is 14.5. The van der Waals surface area contributed by atoms with Crippen LogP contribution >= 0.6 is 0 Å². The third-order valence-electron chi connectivity index (χ3n) is 4.87. The van der Waals surface area contributed by atoms with Crippen molar-refractivity contribution in [3.63, 3.8) is 0 Å². The lowest BCUT2D eigenvalue weighted by atomic mass is 10.1. The molecule has 0 radical (unpaired) electrons. The van der Waals surface area contributed by atoms with Gasteiger partial charge >= 0.3 is 0 Å². The highest BCUT2D eigenvalue weighted by molar-refractivity contribution is 5.73. The normalized spacial score (nSPS) is 23.4. The van der Waals surface area contributed by atoms with E-state index < -0.39 is 0 Å². The van der Waals surface area contributed by atoms with Crippen LogP contribution in [0.3, 0.4) is 0 Å². The molecule has 0 aliphatic carbocycles. The number of rotatable bonds is 5. The van der Waals surface area contributed by atoms with Crippen molar-refractivity contribution in [2.24, 2.45) is 0 Å². The van der Waals surface area contributed by atoms with Gasteiger partial charge in [0.1, 0.15) is 18.1 Å². The fourth-order valence-corrected chi connectivity index (χ4v) is 3.45. The van der Waals surface area contributed by atoms with Crippen molar-refractivity contribution >= 4 is 11.2 Å². The maximum Gasteiger partial charge on any atom is 0.165 e. The van der Waals surface area contributed by atoms with E-state index in [0.717, 1.165) is 36.1 Å². The molecule has 3 aromatic rings. The van der Waals surface area contributed by atoms with Gasteiger partial charge in [-0.15, -0.1) is 0 Å². The molecule has 2 aromatic heterocycles. The highest BCUT2D eigenvalue weighted by atomic mass is 16.6. The SMILES string of the molecule is CO[C@H]1C[C@H](n2cnc3c(CCc4ccccc4)ncnc32)O[C@@H]1C. The lowest BCUT2D eigenvalue weighted by Crippen LogP contribution is -2.18. The molecule has 25 heavy (non-hydrogen) atoms. The Hall–Kier alpha value is -2.31. The van der Waals surface area contributed by atoms with Crippen molar-refractivity contribution in [2.45, 2.75) is 44.6 Å². The van der Waals surface area contributed by atoms with Gasteiger partial charge in [0, 0.05) is 13.5 Å². The molecule has 0 saturated carbocycles. The predicted octanol–water partition coefficient (Wildman–Crippen LogP) is 2.93. The number of imidazole rings is 1. The molecule has 3 atom stereocenters. The number of fused-ring (bicyclic) bond motifs is 1. The molecule has 1 fully saturated rings. The monoisotopic (exact) mass is 338 g/mol. The van der Waals surface area contributed by atoms with E-state index in [9.17, 15) is 0 Å². The van der Waals surface area contributed by atoms with Crippen LogP contribution in [-0.2, 0) is 22.3 Å². The lowest BCUT2D eigenvalue weighted by molar-refractivity contribution is -0.0155. The summed E-state index contributed by atoms with van der Waals surface area (Å²) in [7, 11) is 1.72. The van der Waals surface area contributed by atoms with Gasteiger partial charge in [-0.1, -0.05) is 30.3 Å². The number of hydrogen-bond donors (Lipinski definition) is 0. The number of hydrogen-bond acceptors (Lipinski definition) is 5. The topological polar surface area (TPSA) is 62.1 Å². The average Bonchev–Trinajstić information content (AvgIpc) is 3.24. The first-order valence-electron chi connectivity index (χ1n) is 8.65. The van der Waals surface area contributed by atoms with Gasteiger partial charge in [-0.25, -0.2) is 15.0 Å². The van der Waals surface area contributed by atoms with Gasteiger partial charge in [-0.05, 0) is 25.3 Å². The van der Waals surface area contributed by atoms with E-state index in [2.05, 4.69) is 39.2 Å². The summed E-state index contributed by atoms with van der Waals surface area (Å²) >= 11 is 0. The van der Waals surface area contributed by atoms with Gasteiger partial charge in [-0.3, -0.25) is 4.57 Å². The van der Waals surface area contributed by atoms with Gasteiger partial charge in [0.25, 0.3) is 0 Å². The molecule has 4 rings (SSSR count). The average molecular weight is 338 g/mol. The van der Waals surface area contributed by atoms with Crippen LogP contribution in [0, 0.1) is 0 Å². The second kappa shape index (κ2) is 6.90. The summed E-state index contributed by atoms with van der Waals surface area (Å²) < 4.78 is 13.5. The zero-order valence-electron chi connectivity index (χ0n) is 14.5. The van der Waals surface area contributed by atoms with E-state index in [1.807, 2.05) is 17.6 Å². The van der Waals surface area contributed by atoms with E-state index in [0.29, 0.717) is 0 Å². The Kier molecular flexibility index (Phi) is 4.46.